The molecule has 1 aromatic heterocycles. The van der Waals surface area contributed by atoms with E-state index in [0.717, 1.165) is 24.3 Å². The number of fused-ring (bicyclic) bond motifs is 1. The maximum atomic E-state index is 13.6. The maximum absolute atomic E-state index is 13.6. The van der Waals surface area contributed by atoms with Crippen LogP contribution in [0.15, 0.2) is 39.5 Å². The Bertz CT molecular complexity index is 1500. The van der Waals surface area contributed by atoms with Crippen molar-refractivity contribution in [2.75, 3.05) is 13.2 Å². The average molecular weight is 596 g/mol. The van der Waals surface area contributed by atoms with E-state index in [1.807, 2.05) is 0 Å². The number of aliphatic hydroxyl groups excluding tert-OH is 7. The predicted molar refractivity (Wildman–Crippen MR) is 136 cm³/mol. The number of phenols is 3. The molecule has 3 aromatic rings. The zero-order valence-electron chi connectivity index (χ0n) is 21.4. The standard InChI is InChI=1S/C26H28O16/c27-6-15-18(33)20(35)22(37)26(41-15)39-9-4-12(30)16-14(5-9)40-23(8-1-2-10(28)11(29)3-8)24(19(16)34)42-25-21(36)17(32)13(31)7-38-25/h1-5,13,15,17-18,20-22,25-33,35-37H,6-7H2/t13-,15?,17?,18-,20+,21?,22?,25+,26-/m1/s1. The monoisotopic (exact) mass is 596 g/mol. The normalized spacial score (nSPS) is 31.6. The summed E-state index contributed by atoms with van der Waals surface area (Å²) in [5, 5.41) is 99.9. The SMILES string of the molecule is O=c1c(O[C@@H]2OC[C@@H](O)C(O)C2O)c(-c2ccc(O)c(O)c2)oc2cc(O[C@@H]3OC(CO)[C@@H](O)[C@H](O)C3O)cc(O)c12. The van der Waals surface area contributed by atoms with E-state index >= 15 is 0 Å². The maximum Gasteiger partial charge on any atom is 0.239 e. The molecule has 5 rings (SSSR count). The van der Waals surface area contributed by atoms with Crippen LogP contribution in [0.5, 0.6) is 28.7 Å². The van der Waals surface area contributed by atoms with Crippen LogP contribution in [0, 0.1) is 0 Å². The Kier molecular flexibility index (Phi) is 8.17. The van der Waals surface area contributed by atoms with Crippen LogP contribution in [-0.2, 0) is 9.47 Å². The van der Waals surface area contributed by atoms with E-state index in [-0.39, 0.29) is 22.7 Å². The predicted octanol–water partition coefficient (Wildman–Crippen LogP) is -2.43. The first-order valence-electron chi connectivity index (χ1n) is 12.6. The highest BCUT2D eigenvalue weighted by Crippen LogP contribution is 2.40. The third kappa shape index (κ3) is 5.31. The van der Waals surface area contributed by atoms with Gasteiger partial charge >= 0.3 is 0 Å². The molecule has 9 atom stereocenters. The third-order valence-electron chi connectivity index (χ3n) is 6.93. The Morgan fingerprint density at radius 3 is 2.19 bits per heavy atom. The van der Waals surface area contributed by atoms with Crippen molar-refractivity contribution in [2.45, 2.75) is 55.3 Å². The van der Waals surface area contributed by atoms with Crippen LogP contribution in [0.3, 0.4) is 0 Å². The van der Waals surface area contributed by atoms with E-state index in [9.17, 15) is 55.9 Å². The topological polar surface area (TPSA) is 269 Å². The summed E-state index contributed by atoms with van der Waals surface area (Å²) < 4.78 is 27.5. The van der Waals surface area contributed by atoms with Crippen molar-refractivity contribution in [3.8, 4) is 40.1 Å². The van der Waals surface area contributed by atoms with Crippen molar-refractivity contribution in [1.29, 1.82) is 0 Å². The Labute approximate surface area is 235 Å². The zero-order chi connectivity index (χ0) is 30.5. The molecule has 2 aromatic carbocycles. The third-order valence-corrected chi connectivity index (χ3v) is 6.93. The minimum absolute atomic E-state index is 0.0232. The van der Waals surface area contributed by atoms with Gasteiger partial charge in [-0.1, -0.05) is 0 Å². The van der Waals surface area contributed by atoms with Crippen LogP contribution in [0.4, 0.5) is 0 Å². The van der Waals surface area contributed by atoms with Gasteiger partial charge in [0.15, 0.2) is 17.3 Å². The first-order valence-corrected chi connectivity index (χ1v) is 12.6. The van der Waals surface area contributed by atoms with Gasteiger partial charge in [-0.25, -0.2) is 0 Å². The summed E-state index contributed by atoms with van der Waals surface area (Å²) in [5.41, 5.74) is -1.35. The van der Waals surface area contributed by atoms with Crippen LogP contribution in [0.25, 0.3) is 22.3 Å². The lowest BCUT2D eigenvalue weighted by Gasteiger charge is -2.39. The quantitative estimate of drug-likeness (QED) is 0.133. The number of hydrogen-bond acceptors (Lipinski definition) is 16. The van der Waals surface area contributed by atoms with Gasteiger partial charge in [-0.2, -0.15) is 0 Å². The first-order chi connectivity index (χ1) is 19.9. The molecule has 2 aliphatic rings. The number of aliphatic hydroxyl groups is 7. The lowest BCUT2D eigenvalue weighted by atomic mass is 9.99. The van der Waals surface area contributed by atoms with E-state index in [4.69, 9.17) is 23.4 Å². The molecule has 3 heterocycles. The fourth-order valence-corrected chi connectivity index (χ4v) is 4.59. The van der Waals surface area contributed by atoms with Crippen molar-refractivity contribution in [2.24, 2.45) is 0 Å². The summed E-state index contributed by atoms with van der Waals surface area (Å²) in [6, 6.07) is 5.41. The molecule has 0 saturated carbocycles. The van der Waals surface area contributed by atoms with Gasteiger partial charge in [0.05, 0.1) is 13.2 Å². The highest BCUT2D eigenvalue weighted by Gasteiger charge is 2.45. The first kappa shape index (κ1) is 29.8. The summed E-state index contributed by atoms with van der Waals surface area (Å²) in [5.74, 6) is -3.09. The molecule has 10 N–H and O–H groups in total. The molecule has 2 fully saturated rings. The average Bonchev–Trinajstić information content (AvgIpc) is 2.95. The second kappa shape index (κ2) is 11.5. The molecular weight excluding hydrogens is 568 g/mol. The second-order valence-electron chi connectivity index (χ2n) is 9.79. The molecule has 0 amide bonds. The number of ether oxygens (including phenoxy) is 4. The van der Waals surface area contributed by atoms with Gasteiger partial charge in [-0.3, -0.25) is 4.79 Å². The minimum Gasteiger partial charge on any atom is -0.507 e. The van der Waals surface area contributed by atoms with Crippen LogP contribution in [-0.4, -0.2) is 120 Å². The smallest absolute Gasteiger partial charge is 0.239 e. The highest BCUT2D eigenvalue weighted by molar-refractivity contribution is 5.88. The number of aromatic hydroxyl groups is 3. The van der Waals surface area contributed by atoms with E-state index < -0.39 is 102 Å². The number of hydrogen-bond donors (Lipinski definition) is 10. The molecule has 0 bridgehead atoms. The van der Waals surface area contributed by atoms with Crippen LogP contribution < -0.4 is 14.9 Å². The van der Waals surface area contributed by atoms with E-state index in [2.05, 4.69) is 0 Å². The van der Waals surface area contributed by atoms with Crippen molar-refractivity contribution < 1.29 is 74.4 Å². The summed E-state index contributed by atoms with van der Waals surface area (Å²) >= 11 is 0. The minimum atomic E-state index is -1.81. The van der Waals surface area contributed by atoms with Crippen molar-refractivity contribution in [1.82, 2.24) is 0 Å². The highest BCUT2D eigenvalue weighted by atomic mass is 16.7. The molecule has 0 spiro atoms. The molecule has 0 radical (unpaired) electrons. The molecule has 16 heteroatoms. The molecule has 42 heavy (non-hydrogen) atoms. The molecule has 2 aliphatic heterocycles. The Morgan fingerprint density at radius 2 is 1.50 bits per heavy atom. The number of rotatable bonds is 6. The number of benzene rings is 2. The van der Waals surface area contributed by atoms with Gasteiger partial charge in [-0.15, -0.1) is 0 Å². The molecule has 16 nitrogen and oxygen atoms in total. The van der Waals surface area contributed by atoms with Gasteiger partial charge in [0, 0.05) is 17.7 Å². The summed E-state index contributed by atoms with van der Waals surface area (Å²) in [6.07, 6.45) is -14.7. The van der Waals surface area contributed by atoms with Crippen LogP contribution in [0.2, 0.25) is 0 Å². The summed E-state index contributed by atoms with van der Waals surface area (Å²) in [6.45, 7) is -1.18. The fraction of sp³-hybridized carbons (Fsp3) is 0.423. The van der Waals surface area contributed by atoms with E-state index in [1.165, 1.54) is 6.07 Å². The van der Waals surface area contributed by atoms with Crippen LogP contribution >= 0.6 is 0 Å². The van der Waals surface area contributed by atoms with Gasteiger partial charge in [0.25, 0.3) is 0 Å². The molecule has 2 saturated heterocycles. The Hall–Kier alpha value is -3.71. The summed E-state index contributed by atoms with van der Waals surface area (Å²) in [7, 11) is 0. The van der Waals surface area contributed by atoms with Crippen LogP contribution in [0.1, 0.15) is 0 Å². The Balaban J connectivity index is 1.59. The van der Waals surface area contributed by atoms with Gasteiger partial charge < -0.3 is 74.4 Å². The largest absolute Gasteiger partial charge is 0.507 e. The molecule has 0 aliphatic carbocycles. The van der Waals surface area contributed by atoms with E-state index in [0.29, 0.717) is 0 Å². The molecule has 4 unspecified atom stereocenters. The molecular formula is C26H28O16. The van der Waals surface area contributed by atoms with Crippen molar-refractivity contribution in [3.05, 3.63) is 40.6 Å². The lowest BCUT2D eigenvalue weighted by molar-refractivity contribution is -0.277. The lowest BCUT2D eigenvalue weighted by Crippen LogP contribution is -2.60. The van der Waals surface area contributed by atoms with Gasteiger partial charge in [0.1, 0.15) is 65.2 Å². The van der Waals surface area contributed by atoms with Crippen molar-refractivity contribution in [3.63, 3.8) is 0 Å². The van der Waals surface area contributed by atoms with Gasteiger partial charge in [-0.05, 0) is 18.2 Å². The summed E-state index contributed by atoms with van der Waals surface area (Å²) in [4.78, 5) is 13.6. The second-order valence-corrected chi connectivity index (χ2v) is 9.79. The zero-order valence-corrected chi connectivity index (χ0v) is 21.4. The van der Waals surface area contributed by atoms with E-state index in [1.54, 1.807) is 0 Å². The van der Waals surface area contributed by atoms with Crippen molar-refractivity contribution >= 4 is 11.0 Å². The molecule has 228 valence electrons. The number of phenolic OH excluding ortho intramolecular Hbond substituents is 3. The fourth-order valence-electron chi connectivity index (χ4n) is 4.59. The Morgan fingerprint density at radius 1 is 0.786 bits per heavy atom. The van der Waals surface area contributed by atoms with Gasteiger partial charge in [0.2, 0.25) is 23.8 Å².